The zero-order valence-corrected chi connectivity index (χ0v) is 10.6. The van der Waals surface area contributed by atoms with Crippen LogP contribution in [-0.2, 0) is 9.84 Å². The molecule has 0 fully saturated rings. The Morgan fingerprint density at radius 1 is 1.35 bits per heavy atom. The molecule has 1 rings (SSSR count). The van der Waals surface area contributed by atoms with Crippen LogP contribution in [0.25, 0.3) is 0 Å². The molecule has 0 aliphatic rings. The van der Waals surface area contributed by atoms with Crippen molar-refractivity contribution in [2.75, 3.05) is 13.3 Å². The standard InChI is InChI=1S/C8H10O3S.C2H5NO2/c1-6-3-4-7(9)5-8(6)12(2,10)11;1-3-2(4)5/h3-5,9H,1-2H3;3H,1H3,(H,4,5). The number of carboxylic acid groups (broad SMARTS) is 1. The van der Waals surface area contributed by atoms with Crippen molar-refractivity contribution in [3.05, 3.63) is 23.8 Å². The molecule has 0 atom stereocenters. The van der Waals surface area contributed by atoms with E-state index in [2.05, 4.69) is 0 Å². The van der Waals surface area contributed by atoms with Gasteiger partial charge in [0.15, 0.2) is 9.84 Å². The molecule has 0 bridgehead atoms. The minimum Gasteiger partial charge on any atom is -0.508 e. The number of phenolic OH excluding ortho intramolecular Hbond substituents is 1. The Kier molecular flexibility index (Phi) is 5.46. The fraction of sp³-hybridized carbons (Fsp3) is 0.300. The molecule has 0 heterocycles. The number of sulfone groups is 1. The van der Waals surface area contributed by atoms with Crippen molar-refractivity contribution in [1.29, 1.82) is 0 Å². The zero-order chi connectivity index (χ0) is 13.6. The van der Waals surface area contributed by atoms with Crippen molar-refractivity contribution in [1.82, 2.24) is 5.32 Å². The molecular formula is C10H15NO5S. The van der Waals surface area contributed by atoms with E-state index in [9.17, 15) is 13.2 Å². The van der Waals surface area contributed by atoms with Gasteiger partial charge >= 0.3 is 6.09 Å². The highest BCUT2D eigenvalue weighted by molar-refractivity contribution is 7.90. The lowest BCUT2D eigenvalue weighted by Gasteiger charge is -2.02. The number of aryl methyl sites for hydroxylation is 1. The van der Waals surface area contributed by atoms with Gasteiger partial charge in [0.25, 0.3) is 0 Å². The summed E-state index contributed by atoms with van der Waals surface area (Å²) in [4.78, 5) is 9.44. The molecule has 0 aliphatic heterocycles. The molecular weight excluding hydrogens is 246 g/mol. The Hall–Kier alpha value is -1.76. The lowest BCUT2D eigenvalue weighted by molar-refractivity contribution is 0.197. The lowest BCUT2D eigenvalue weighted by Crippen LogP contribution is -2.13. The molecule has 6 nitrogen and oxygen atoms in total. The number of benzene rings is 1. The van der Waals surface area contributed by atoms with E-state index >= 15 is 0 Å². The molecule has 0 unspecified atom stereocenters. The second-order valence-electron chi connectivity index (χ2n) is 3.28. The van der Waals surface area contributed by atoms with Crippen LogP contribution in [0.15, 0.2) is 23.1 Å². The summed E-state index contributed by atoms with van der Waals surface area (Å²) in [6, 6.07) is 4.29. The second-order valence-corrected chi connectivity index (χ2v) is 5.26. The maximum Gasteiger partial charge on any atom is 0.404 e. The highest BCUT2D eigenvalue weighted by Crippen LogP contribution is 2.20. The highest BCUT2D eigenvalue weighted by Gasteiger charge is 2.10. The van der Waals surface area contributed by atoms with Crippen LogP contribution in [0.3, 0.4) is 0 Å². The zero-order valence-electron chi connectivity index (χ0n) is 9.76. The fourth-order valence-corrected chi connectivity index (χ4v) is 1.98. The Morgan fingerprint density at radius 3 is 2.12 bits per heavy atom. The molecule has 0 aromatic heterocycles. The molecule has 96 valence electrons. The van der Waals surface area contributed by atoms with Gasteiger partial charge in [-0.3, -0.25) is 0 Å². The summed E-state index contributed by atoms with van der Waals surface area (Å²) < 4.78 is 22.2. The smallest absolute Gasteiger partial charge is 0.404 e. The van der Waals surface area contributed by atoms with Gasteiger partial charge in [-0.05, 0) is 24.6 Å². The van der Waals surface area contributed by atoms with Crippen molar-refractivity contribution in [2.24, 2.45) is 0 Å². The molecule has 17 heavy (non-hydrogen) atoms. The van der Waals surface area contributed by atoms with E-state index in [1.165, 1.54) is 19.2 Å². The predicted octanol–water partition coefficient (Wildman–Crippen LogP) is 0.988. The number of phenols is 1. The van der Waals surface area contributed by atoms with Crippen LogP contribution >= 0.6 is 0 Å². The third-order valence-electron chi connectivity index (χ3n) is 1.79. The van der Waals surface area contributed by atoms with Crippen molar-refractivity contribution in [3.8, 4) is 5.75 Å². The monoisotopic (exact) mass is 261 g/mol. The van der Waals surface area contributed by atoms with Crippen LogP contribution < -0.4 is 5.32 Å². The van der Waals surface area contributed by atoms with Gasteiger partial charge in [-0.2, -0.15) is 0 Å². The predicted molar refractivity (Wildman–Crippen MR) is 63.0 cm³/mol. The van der Waals surface area contributed by atoms with Gasteiger partial charge in [-0.25, -0.2) is 13.2 Å². The van der Waals surface area contributed by atoms with Crippen LogP contribution in [0.2, 0.25) is 0 Å². The number of nitrogens with one attached hydrogen (secondary N) is 1. The van der Waals surface area contributed by atoms with Gasteiger partial charge in [0, 0.05) is 13.3 Å². The first-order valence-corrected chi connectivity index (χ1v) is 6.48. The highest BCUT2D eigenvalue weighted by atomic mass is 32.2. The van der Waals surface area contributed by atoms with Crippen LogP contribution in [0.5, 0.6) is 5.75 Å². The number of hydrogen-bond donors (Lipinski definition) is 3. The van der Waals surface area contributed by atoms with E-state index in [0.29, 0.717) is 5.56 Å². The van der Waals surface area contributed by atoms with E-state index < -0.39 is 15.9 Å². The Labute approximate surface area is 99.8 Å². The van der Waals surface area contributed by atoms with E-state index in [1.54, 1.807) is 13.0 Å². The quantitative estimate of drug-likeness (QED) is 0.699. The topological polar surface area (TPSA) is 104 Å². The maximum absolute atomic E-state index is 11.1. The van der Waals surface area contributed by atoms with Crippen LogP contribution in [-0.4, -0.2) is 38.0 Å². The van der Waals surface area contributed by atoms with Crippen molar-refractivity contribution in [2.45, 2.75) is 11.8 Å². The Bertz CT molecular complexity index is 495. The molecule has 0 spiro atoms. The molecule has 7 heteroatoms. The second kappa shape index (κ2) is 6.09. The SMILES string of the molecule is CNC(=O)O.Cc1ccc(O)cc1S(C)(=O)=O. The van der Waals surface area contributed by atoms with E-state index in [-0.39, 0.29) is 10.6 Å². The van der Waals surface area contributed by atoms with Crippen molar-refractivity contribution >= 4 is 15.9 Å². The summed E-state index contributed by atoms with van der Waals surface area (Å²) in [5.74, 6) is -0.0268. The molecule has 1 amide bonds. The van der Waals surface area contributed by atoms with E-state index in [0.717, 1.165) is 6.26 Å². The summed E-state index contributed by atoms with van der Waals surface area (Å²) >= 11 is 0. The molecule has 1 aromatic rings. The van der Waals surface area contributed by atoms with Crippen molar-refractivity contribution < 1.29 is 23.4 Å². The van der Waals surface area contributed by atoms with Crippen LogP contribution in [0.4, 0.5) is 4.79 Å². The average Bonchev–Trinajstić information content (AvgIpc) is 2.21. The third-order valence-corrected chi connectivity index (χ3v) is 3.02. The minimum absolute atomic E-state index is 0.0268. The minimum atomic E-state index is -3.22. The average molecular weight is 261 g/mol. The maximum atomic E-state index is 11.1. The first-order chi connectivity index (χ1) is 7.68. The summed E-state index contributed by atoms with van der Waals surface area (Å²) in [7, 11) is -1.87. The number of amides is 1. The molecule has 0 aliphatic carbocycles. The first-order valence-electron chi connectivity index (χ1n) is 4.59. The van der Waals surface area contributed by atoms with Crippen LogP contribution in [0.1, 0.15) is 5.56 Å². The molecule has 1 aromatic carbocycles. The molecule has 0 saturated heterocycles. The number of rotatable bonds is 1. The van der Waals surface area contributed by atoms with Gasteiger partial charge in [-0.1, -0.05) is 6.07 Å². The fourth-order valence-electron chi connectivity index (χ4n) is 0.988. The van der Waals surface area contributed by atoms with Gasteiger partial charge in [0.1, 0.15) is 5.75 Å². The number of hydrogen-bond acceptors (Lipinski definition) is 4. The third kappa shape index (κ3) is 5.76. The number of aromatic hydroxyl groups is 1. The summed E-state index contributed by atoms with van der Waals surface area (Å²) in [5.41, 5.74) is 0.648. The summed E-state index contributed by atoms with van der Waals surface area (Å²) in [6.45, 7) is 1.69. The van der Waals surface area contributed by atoms with Gasteiger partial charge in [0.2, 0.25) is 0 Å². The van der Waals surface area contributed by atoms with Crippen LogP contribution in [0, 0.1) is 6.92 Å². The normalized spacial score (nSPS) is 10.1. The summed E-state index contributed by atoms with van der Waals surface area (Å²) in [6.07, 6.45) is 0.124. The Morgan fingerprint density at radius 2 is 1.82 bits per heavy atom. The van der Waals surface area contributed by atoms with Gasteiger partial charge in [0.05, 0.1) is 4.90 Å². The van der Waals surface area contributed by atoms with Crippen molar-refractivity contribution in [3.63, 3.8) is 0 Å². The first kappa shape index (κ1) is 15.2. The lowest BCUT2D eigenvalue weighted by atomic mass is 10.2. The van der Waals surface area contributed by atoms with Gasteiger partial charge < -0.3 is 15.5 Å². The molecule has 0 radical (unpaired) electrons. The molecule has 3 N–H and O–H groups in total. The van der Waals surface area contributed by atoms with E-state index in [4.69, 9.17) is 10.2 Å². The number of carbonyl (C=O) groups is 1. The van der Waals surface area contributed by atoms with E-state index in [1.807, 2.05) is 5.32 Å². The van der Waals surface area contributed by atoms with Gasteiger partial charge in [-0.15, -0.1) is 0 Å². The Balaban J connectivity index is 0.000000437. The molecule has 0 saturated carbocycles. The summed E-state index contributed by atoms with van der Waals surface area (Å²) in [5, 5.41) is 18.6. The largest absolute Gasteiger partial charge is 0.508 e.